The molecule has 1 amide bonds. The van der Waals surface area contributed by atoms with Crippen LogP contribution < -0.4 is 10.1 Å². The quantitative estimate of drug-likeness (QED) is 0.448. The van der Waals surface area contributed by atoms with Crippen molar-refractivity contribution in [2.45, 2.75) is 83.7 Å². The van der Waals surface area contributed by atoms with Gasteiger partial charge < -0.3 is 15.2 Å². The maximum absolute atomic E-state index is 11.9. The predicted molar refractivity (Wildman–Crippen MR) is 104 cm³/mol. The molecule has 0 saturated heterocycles. The van der Waals surface area contributed by atoms with Gasteiger partial charge in [0.1, 0.15) is 5.75 Å². The molecule has 1 aromatic carbocycles. The van der Waals surface area contributed by atoms with Crippen LogP contribution in [-0.2, 0) is 4.79 Å². The number of ether oxygens (including phenoxy) is 1. The highest BCUT2D eigenvalue weighted by molar-refractivity contribution is 5.91. The Kier molecular flexibility index (Phi) is 11.8. The lowest BCUT2D eigenvalue weighted by Crippen LogP contribution is -2.19. The fraction of sp³-hybridized carbons (Fsp3) is 0.667. The lowest BCUT2D eigenvalue weighted by molar-refractivity contribution is -0.118. The van der Waals surface area contributed by atoms with Gasteiger partial charge in [0, 0.05) is 5.69 Å². The standard InChI is InChI=1S/C21H35NO3/c1-3-4-5-6-7-8-9-10-11-12-19(23)17-21(24)22-18-13-15-20(25-2)16-14-18/h13-16,19,23H,3-12,17H2,1-2H3,(H,22,24)/t19-/m1/s1. The van der Waals surface area contributed by atoms with Crippen LogP contribution in [0.4, 0.5) is 5.69 Å². The summed E-state index contributed by atoms with van der Waals surface area (Å²) in [5.41, 5.74) is 0.723. The predicted octanol–water partition coefficient (Wildman–Crippen LogP) is 5.31. The van der Waals surface area contributed by atoms with Crippen LogP contribution in [0.25, 0.3) is 0 Å². The summed E-state index contributed by atoms with van der Waals surface area (Å²) in [6, 6.07) is 7.19. The van der Waals surface area contributed by atoms with Gasteiger partial charge in [0.25, 0.3) is 0 Å². The summed E-state index contributed by atoms with van der Waals surface area (Å²) in [4.78, 5) is 11.9. The first-order valence-corrected chi connectivity index (χ1v) is 9.77. The molecule has 0 radical (unpaired) electrons. The highest BCUT2D eigenvalue weighted by atomic mass is 16.5. The molecular formula is C21H35NO3. The minimum Gasteiger partial charge on any atom is -0.497 e. The zero-order valence-corrected chi connectivity index (χ0v) is 15.9. The van der Waals surface area contributed by atoms with E-state index in [-0.39, 0.29) is 12.3 Å². The third-order valence-corrected chi connectivity index (χ3v) is 4.44. The summed E-state index contributed by atoms with van der Waals surface area (Å²) in [5.74, 6) is 0.608. The molecule has 0 saturated carbocycles. The highest BCUT2D eigenvalue weighted by Crippen LogP contribution is 2.16. The number of unbranched alkanes of at least 4 members (excludes halogenated alkanes) is 8. The third kappa shape index (κ3) is 10.8. The Morgan fingerprint density at radius 1 is 1.00 bits per heavy atom. The molecule has 1 atom stereocenters. The van der Waals surface area contributed by atoms with Crippen molar-refractivity contribution in [3.63, 3.8) is 0 Å². The number of nitrogens with one attached hydrogen (secondary N) is 1. The average Bonchev–Trinajstić information content (AvgIpc) is 2.61. The van der Waals surface area contributed by atoms with E-state index in [9.17, 15) is 9.90 Å². The van der Waals surface area contributed by atoms with Crippen molar-refractivity contribution in [1.82, 2.24) is 0 Å². The van der Waals surface area contributed by atoms with Crippen LogP contribution in [0.1, 0.15) is 77.6 Å². The second kappa shape index (κ2) is 13.7. The van der Waals surface area contributed by atoms with E-state index in [1.54, 1.807) is 31.4 Å². The van der Waals surface area contributed by atoms with Crippen LogP contribution in [0, 0.1) is 0 Å². The van der Waals surface area contributed by atoms with Crippen LogP contribution in [-0.4, -0.2) is 24.2 Å². The molecule has 0 aliphatic heterocycles. The Hall–Kier alpha value is -1.55. The Balaban J connectivity index is 2.05. The summed E-state index contributed by atoms with van der Waals surface area (Å²) < 4.78 is 5.08. The first-order valence-electron chi connectivity index (χ1n) is 9.77. The van der Waals surface area contributed by atoms with Crippen molar-refractivity contribution in [3.05, 3.63) is 24.3 Å². The van der Waals surface area contributed by atoms with E-state index in [1.165, 1.54) is 44.9 Å². The van der Waals surface area contributed by atoms with Gasteiger partial charge in [-0.25, -0.2) is 0 Å². The normalized spacial score (nSPS) is 12.0. The summed E-state index contributed by atoms with van der Waals surface area (Å²) in [7, 11) is 1.61. The Labute approximate surface area is 153 Å². The van der Waals surface area contributed by atoms with Crippen LogP contribution in [0.2, 0.25) is 0 Å². The SMILES string of the molecule is CCCCCCCCCCC[C@@H](O)CC(=O)Nc1ccc(OC)cc1. The van der Waals surface area contributed by atoms with Crippen molar-refractivity contribution in [3.8, 4) is 5.75 Å². The van der Waals surface area contributed by atoms with E-state index in [0.29, 0.717) is 6.42 Å². The van der Waals surface area contributed by atoms with Gasteiger partial charge in [-0.05, 0) is 30.7 Å². The number of hydrogen-bond donors (Lipinski definition) is 2. The molecule has 0 aliphatic carbocycles. The zero-order valence-electron chi connectivity index (χ0n) is 15.9. The van der Waals surface area contributed by atoms with Gasteiger partial charge in [0.05, 0.1) is 19.6 Å². The molecule has 0 fully saturated rings. The largest absolute Gasteiger partial charge is 0.497 e. The van der Waals surface area contributed by atoms with Crippen LogP contribution in [0.3, 0.4) is 0 Å². The van der Waals surface area contributed by atoms with E-state index in [4.69, 9.17) is 4.74 Å². The third-order valence-electron chi connectivity index (χ3n) is 4.44. The number of anilines is 1. The molecule has 25 heavy (non-hydrogen) atoms. The number of aliphatic hydroxyl groups excluding tert-OH is 1. The van der Waals surface area contributed by atoms with Crippen molar-refractivity contribution >= 4 is 11.6 Å². The van der Waals surface area contributed by atoms with Crippen molar-refractivity contribution in [2.24, 2.45) is 0 Å². The van der Waals surface area contributed by atoms with Crippen LogP contribution in [0.15, 0.2) is 24.3 Å². The minimum atomic E-state index is -0.553. The summed E-state index contributed by atoms with van der Waals surface area (Å²) in [5, 5.41) is 12.8. The Bertz CT molecular complexity index is 459. The fourth-order valence-corrected chi connectivity index (χ4v) is 2.89. The van der Waals surface area contributed by atoms with E-state index in [1.807, 2.05) is 0 Å². The number of benzene rings is 1. The Morgan fingerprint density at radius 2 is 1.56 bits per heavy atom. The number of amides is 1. The van der Waals surface area contributed by atoms with Crippen molar-refractivity contribution < 1.29 is 14.6 Å². The lowest BCUT2D eigenvalue weighted by Gasteiger charge is -2.11. The van der Waals surface area contributed by atoms with E-state index in [0.717, 1.165) is 24.3 Å². The van der Waals surface area contributed by atoms with Gasteiger partial charge >= 0.3 is 0 Å². The first kappa shape index (κ1) is 21.5. The lowest BCUT2D eigenvalue weighted by atomic mass is 10.0. The van der Waals surface area contributed by atoms with Gasteiger partial charge in [0.2, 0.25) is 5.91 Å². The van der Waals surface area contributed by atoms with Crippen molar-refractivity contribution in [1.29, 1.82) is 0 Å². The highest BCUT2D eigenvalue weighted by Gasteiger charge is 2.11. The van der Waals surface area contributed by atoms with Gasteiger partial charge in [-0.3, -0.25) is 4.79 Å². The van der Waals surface area contributed by atoms with E-state index < -0.39 is 6.10 Å². The maximum atomic E-state index is 11.9. The molecule has 0 aliphatic rings. The molecule has 2 N–H and O–H groups in total. The Morgan fingerprint density at radius 3 is 2.12 bits per heavy atom. The smallest absolute Gasteiger partial charge is 0.226 e. The van der Waals surface area contributed by atoms with Crippen LogP contribution in [0.5, 0.6) is 5.75 Å². The molecular weight excluding hydrogens is 314 g/mol. The molecule has 0 unspecified atom stereocenters. The number of carbonyl (C=O) groups excluding carboxylic acids is 1. The molecule has 0 aromatic heterocycles. The molecule has 1 aromatic rings. The summed E-state index contributed by atoms with van der Waals surface area (Å²) in [6.45, 7) is 2.24. The molecule has 1 rings (SSSR count). The number of hydrogen-bond acceptors (Lipinski definition) is 3. The first-order chi connectivity index (χ1) is 12.2. The molecule has 4 nitrogen and oxygen atoms in total. The monoisotopic (exact) mass is 349 g/mol. The maximum Gasteiger partial charge on any atom is 0.226 e. The average molecular weight is 350 g/mol. The molecule has 0 bridgehead atoms. The second-order valence-corrected chi connectivity index (χ2v) is 6.75. The molecule has 0 spiro atoms. The van der Waals surface area contributed by atoms with Crippen molar-refractivity contribution in [2.75, 3.05) is 12.4 Å². The number of aliphatic hydroxyl groups is 1. The van der Waals surface area contributed by atoms with Gasteiger partial charge in [-0.15, -0.1) is 0 Å². The van der Waals surface area contributed by atoms with Gasteiger partial charge in [-0.1, -0.05) is 64.7 Å². The summed E-state index contributed by atoms with van der Waals surface area (Å²) in [6.07, 6.45) is 11.6. The fourth-order valence-electron chi connectivity index (χ4n) is 2.89. The molecule has 142 valence electrons. The van der Waals surface area contributed by atoms with Gasteiger partial charge in [-0.2, -0.15) is 0 Å². The second-order valence-electron chi connectivity index (χ2n) is 6.75. The number of carbonyl (C=O) groups is 1. The zero-order chi connectivity index (χ0) is 18.3. The minimum absolute atomic E-state index is 0.145. The topological polar surface area (TPSA) is 58.6 Å². The number of rotatable bonds is 14. The number of methoxy groups -OCH3 is 1. The van der Waals surface area contributed by atoms with Crippen LogP contribution >= 0.6 is 0 Å². The van der Waals surface area contributed by atoms with E-state index in [2.05, 4.69) is 12.2 Å². The van der Waals surface area contributed by atoms with Gasteiger partial charge in [0.15, 0.2) is 0 Å². The van der Waals surface area contributed by atoms with E-state index >= 15 is 0 Å². The molecule has 0 heterocycles. The molecule has 4 heteroatoms. The summed E-state index contributed by atoms with van der Waals surface area (Å²) >= 11 is 0.